The molecule has 5 rings (SSSR count). The van der Waals surface area contributed by atoms with Gasteiger partial charge in [-0.1, -0.05) is 68.3 Å². The number of rotatable bonds is 10. The van der Waals surface area contributed by atoms with Gasteiger partial charge in [-0.2, -0.15) is 8.78 Å². The minimum absolute atomic E-state index is 0.0185. The number of hydrogen-bond donors (Lipinski definition) is 0. The molecule has 232 valence electrons. The molecule has 1 aliphatic carbocycles. The first kappa shape index (κ1) is 31.8. The molecule has 1 nitrogen and oxygen atoms in total. The molecule has 4 aromatic rings. The lowest BCUT2D eigenvalue weighted by molar-refractivity contribution is -0.280. The van der Waals surface area contributed by atoms with Gasteiger partial charge in [-0.05, 0) is 102 Å². The molecule has 4 aromatic carbocycles. The average Bonchev–Trinajstić information content (AvgIpc) is 3.00. The number of aryl methyl sites for hydroxylation is 1. The van der Waals surface area contributed by atoms with Crippen LogP contribution in [0, 0.1) is 29.1 Å². The Hall–Kier alpha value is -3.65. The monoisotopic (exact) mass is 614 g/mol. The zero-order valence-corrected chi connectivity index (χ0v) is 24.3. The number of unbranched alkanes of at least 4 members (excludes halogenated alkanes) is 2. The smallest absolute Gasteiger partial charge is 0.313 e. The predicted molar refractivity (Wildman–Crippen MR) is 157 cm³/mol. The van der Waals surface area contributed by atoms with Gasteiger partial charge in [0.15, 0.2) is 17.5 Å². The molecular formula is C36H33F7O. The van der Waals surface area contributed by atoms with E-state index in [-0.39, 0.29) is 29.9 Å². The van der Waals surface area contributed by atoms with Crippen LogP contribution in [0.25, 0.3) is 22.3 Å². The van der Waals surface area contributed by atoms with Gasteiger partial charge in [-0.3, -0.25) is 0 Å². The molecular weight excluding hydrogens is 581 g/mol. The van der Waals surface area contributed by atoms with Gasteiger partial charge in [0.1, 0.15) is 17.2 Å². The Balaban J connectivity index is 1.20. The van der Waals surface area contributed by atoms with Crippen molar-refractivity contribution in [3.63, 3.8) is 0 Å². The quantitative estimate of drug-likeness (QED) is 0.0981. The minimum atomic E-state index is -4.16. The third-order valence-electron chi connectivity index (χ3n) is 8.38. The highest BCUT2D eigenvalue weighted by atomic mass is 19.3. The molecule has 0 atom stereocenters. The Kier molecular flexibility index (Phi) is 9.78. The van der Waals surface area contributed by atoms with E-state index in [9.17, 15) is 22.0 Å². The normalized spacial score (nSPS) is 17.2. The summed E-state index contributed by atoms with van der Waals surface area (Å²) in [4.78, 5) is 0. The van der Waals surface area contributed by atoms with E-state index >= 15 is 8.78 Å². The largest absolute Gasteiger partial charge is 0.389 e. The van der Waals surface area contributed by atoms with Crippen LogP contribution in [0.5, 0.6) is 0 Å². The van der Waals surface area contributed by atoms with Crippen LogP contribution in [0.4, 0.5) is 30.7 Å². The number of benzene rings is 4. The van der Waals surface area contributed by atoms with Gasteiger partial charge in [0.25, 0.3) is 0 Å². The highest BCUT2D eigenvalue weighted by Crippen LogP contribution is 2.41. The van der Waals surface area contributed by atoms with Crippen LogP contribution in [-0.2, 0) is 17.3 Å². The maximum absolute atomic E-state index is 15.1. The van der Waals surface area contributed by atoms with E-state index in [2.05, 4.69) is 6.92 Å². The zero-order chi connectivity index (χ0) is 31.4. The summed E-state index contributed by atoms with van der Waals surface area (Å²) in [5.41, 5.74) is 1.99. The van der Waals surface area contributed by atoms with Crippen molar-refractivity contribution in [2.24, 2.45) is 0 Å². The highest BCUT2D eigenvalue weighted by Gasteiger charge is 2.42. The van der Waals surface area contributed by atoms with Crippen molar-refractivity contribution in [2.75, 3.05) is 0 Å². The van der Waals surface area contributed by atoms with E-state index in [0.29, 0.717) is 24.0 Å². The lowest BCUT2D eigenvalue weighted by Crippen LogP contribution is -2.30. The van der Waals surface area contributed by atoms with Gasteiger partial charge >= 0.3 is 6.11 Å². The number of ether oxygens (including phenoxy) is 1. The Morgan fingerprint density at radius 3 is 1.66 bits per heavy atom. The van der Waals surface area contributed by atoms with Gasteiger partial charge in [0.2, 0.25) is 0 Å². The number of alkyl halides is 2. The third kappa shape index (κ3) is 7.17. The predicted octanol–water partition coefficient (Wildman–Crippen LogP) is 11.2. The van der Waals surface area contributed by atoms with Crippen molar-refractivity contribution >= 4 is 0 Å². The maximum atomic E-state index is 15.1. The van der Waals surface area contributed by atoms with E-state index in [1.807, 2.05) is 12.1 Å². The van der Waals surface area contributed by atoms with Gasteiger partial charge in [-0.25, -0.2) is 22.0 Å². The van der Waals surface area contributed by atoms with Crippen LogP contribution in [0.2, 0.25) is 0 Å². The summed E-state index contributed by atoms with van der Waals surface area (Å²) in [7, 11) is 0. The molecule has 0 unspecified atom stereocenters. The first-order chi connectivity index (χ1) is 21.1. The number of halogens is 7. The van der Waals surface area contributed by atoms with Crippen LogP contribution in [0.3, 0.4) is 0 Å². The summed E-state index contributed by atoms with van der Waals surface area (Å²) in [6, 6.07) is 17.8. The molecule has 44 heavy (non-hydrogen) atoms. The summed E-state index contributed by atoms with van der Waals surface area (Å²) >= 11 is 0. The molecule has 0 amide bonds. The Morgan fingerprint density at radius 2 is 1.14 bits per heavy atom. The van der Waals surface area contributed by atoms with E-state index in [1.54, 1.807) is 36.4 Å². The molecule has 0 heterocycles. The summed E-state index contributed by atoms with van der Waals surface area (Å²) in [6.45, 7) is 2.12. The fourth-order valence-corrected chi connectivity index (χ4v) is 5.91. The van der Waals surface area contributed by atoms with Crippen LogP contribution < -0.4 is 0 Å². The van der Waals surface area contributed by atoms with Crippen molar-refractivity contribution in [1.29, 1.82) is 0 Å². The molecule has 0 radical (unpaired) electrons. The standard InChI is InChI=1S/C36H33F7O/c1-2-3-4-5-22-6-8-25(9-7-22)27-18-30(37)34(31(38)19-27)36(42,43)44-29-16-14-24(15-17-29)23-10-12-26(13-11-23)28-20-32(39)35(41)33(40)21-28/h6-13,18-21,24,29H,2-5,14-17H2,1H3. The summed E-state index contributed by atoms with van der Waals surface area (Å²) in [5, 5.41) is 0. The summed E-state index contributed by atoms with van der Waals surface area (Å²) in [5.74, 6) is -6.81. The molecule has 1 saturated carbocycles. The van der Waals surface area contributed by atoms with Gasteiger partial charge < -0.3 is 4.74 Å². The van der Waals surface area contributed by atoms with Crippen LogP contribution in [0.1, 0.15) is 74.5 Å². The first-order valence-corrected chi connectivity index (χ1v) is 14.9. The van der Waals surface area contributed by atoms with E-state index in [0.717, 1.165) is 61.1 Å². The SMILES string of the molecule is CCCCCc1ccc(-c2cc(F)c(C(F)(F)OC3CCC(c4ccc(-c5cc(F)c(F)c(F)c5)cc4)CC3)c(F)c2)cc1. The van der Waals surface area contributed by atoms with E-state index < -0.39 is 46.9 Å². The molecule has 0 aliphatic heterocycles. The molecule has 1 fully saturated rings. The van der Waals surface area contributed by atoms with Crippen molar-refractivity contribution in [3.8, 4) is 22.3 Å². The third-order valence-corrected chi connectivity index (χ3v) is 8.38. The second kappa shape index (κ2) is 13.6. The Morgan fingerprint density at radius 1 is 0.636 bits per heavy atom. The number of hydrogen-bond acceptors (Lipinski definition) is 1. The lowest BCUT2D eigenvalue weighted by Gasteiger charge is -2.31. The molecule has 0 bridgehead atoms. The lowest BCUT2D eigenvalue weighted by atomic mass is 9.82. The van der Waals surface area contributed by atoms with Crippen molar-refractivity contribution in [2.45, 2.75) is 76.4 Å². The van der Waals surface area contributed by atoms with Crippen molar-refractivity contribution < 1.29 is 35.5 Å². The second-order valence-electron chi connectivity index (χ2n) is 11.5. The maximum Gasteiger partial charge on any atom is 0.389 e. The van der Waals surface area contributed by atoms with Crippen LogP contribution >= 0.6 is 0 Å². The topological polar surface area (TPSA) is 9.23 Å². The second-order valence-corrected chi connectivity index (χ2v) is 11.5. The van der Waals surface area contributed by atoms with E-state index in [4.69, 9.17) is 4.74 Å². The molecule has 0 aromatic heterocycles. The van der Waals surface area contributed by atoms with E-state index in [1.165, 1.54) is 0 Å². The molecule has 0 saturated heterocycles. The first-order valence-electron chi connectivity index (χ1n) is 14.9. The minimum Gasteiger partial charge on any atom is -0.313 e. The average molecular weight is 615 g/mol. The fraction of sp³-hybridized carbons (Fsp3) is 0.333. The van der Waals surface area contributed by atoms with Gasteiger partial charge in [-0.15, -0.1) is 0 Å². The molecule has 1 aliphatic rings. The zero-order valence-electron chi connectivity index (χ0n) is 24.3. The summed E-state index contributed by atoms with van der Waals surface area (Å²) in [6.07, 6.45) is 0.599. The molecule has 0 spiro atoms. The summed E-state index contributed by atoms with van der Waals surface area (Å²) < 4.78 is 106. The molecule has 8 heteroatoms. The molecule has 0 N–H and O–H groups in total. The highest BCUT2D eigenvalue weighted by molar-refractivity contribution is 5.65. The van der Waals surface area contributed by atoms with Crippen molar-refractivity contribution in [3.05, 3.63) is 119 Å². The van der Waals surface area contributed by atoms with Crippen molar-refractivity contribution in [1.82, 2.24) is 0 Å². The Bertz CT molecular complexity index is 1530. The van der Waals surface area contributed by atoms with Crippen LogP contribution in [-0.4, -0.2) is 6.10 Å². The Labute approximate surface area is 252 Å². The van der Waals surface area contributed by atoms with Crippen LogP contribution in [0.15, 0.2) is 72.8 Å². The van der Waals surface area contributed by atoms with Gasteiger partial charge in [0, 0.05) is 0 Å². The fourth-order valence-electron chi connectivity index (χ4n) is 5.91. The van der Waals surface area contributed by atoms with Gasteiger partial charge in [0.05, 0.1) is 6.10 Å².